The fourth-order valence-electron chi connectivity index (χ4n) is 1.98. The normalized spacial score (nSPS) is 26.1. The Morgan fingerprint density at radius 3 is 2.75 bits per heavy atom. The first-order valence-electron chi connectivity index (χ1n) is 5.66. The third kappa shape index (κ3) is 4.09. The molecule has 0 radical (unpaired) electrons. The first-order valence-corrected chi connectivity index (χ1v) is 7.48. The predicted molar refractivity (Wildman–Crippen MR) is 71.1 cm³/mol. The Labute approximate surface area is 116 Å². The summed E-state index contributed by atoms with van der Waals surface area (Å²) in [6, 6.07) is -0.836. The Morgan fingerprint density at radius 2 is 2.30 bits per heavy atom. The summed E-state index contributed by atoms with van der Waals surface area (Å²) in [5, 5.41) is 3.51. The zero-order chi connectivity index (χ0) is 15.3. The Bertz CT molecular complexity index is 577. The largest absolute Gasteiger partial charge is 0.466 e. The second-order valence-electron chi connectivity index (χ2n) is 4.24. The molecule has 20 heavy (non-hydrogen) atoms. The van der Waals surface area contributed by atoms with Crippen LogP contribution in [0, 0.1) is 5.92 Å². The molecular formula is C11H15N3O5S. The van der Waals surface area contributed by atoms with Crippen LogP contribution in [0.3, 0.4) is 0 Å². The maximum absolute atomic E-state index is 11.6. The summed E-state index contributed by atoms with van der Waals surface area (Å²) in [6.45, 7) is 3.57. The molecule has 1 aliphatic carbocycles. The first kappa shape index (κ1) is 16.2. The number of carbonyl (C=O) groups excluding carboxylic acids is 1. The third-order valence-corrected chi connectivity index (χ3v) is 3.36. The highest BCUT2D eigenvalue weighted by atomic mass is 32.2. The molecule has 0 unspecified atom stereocenters. The number of methoxy groups -OCH3 is 1. The highest BCUT2D eigenvalue weighted by Gasteiger charge is 2.36. The van der Waals surface area contributed by atoms with E-state index in [0.717, 1.165) is 6.26 Å². The van der Waals surface area contributed by atoms with Gasteiger partial charge in [0.15, 0.2) is 0 Å². The Hall–Kier alpha value is -1.83. The third-order valence-electron chi connectivity index (χ3n) is 2.79. The lowest BCUT2D eigenvalue weighted by Gasteiger charge is -2.31. The van der Waals surface area contributed by atoms with Crippen LogP contribution in [0.25, 0.3) is 10.4 Å². The number of rotatable bonds is 5. The maximum Gasteiger partial charge on any atom is 0.333 e. The van der Waals surface area contributed by atoms with Crippen molar-refractivity contribution in [1.29, 1.82) is 0 Å². The van der Waals surface area contributed by atoms with E-state index in [0.29, 0.717) is 5.57 Å². The van der Waals surface area contributed by atoms with Gasteiger partial charge in [0.25, 0.3) is 10.1 Å². The minimum Gasteiger partial charge on any atom is -0.466 e. The summed E-state index contributed by atoms with van der Waals surface area (Å²) in [6.07, 6.45) is 2.96. The minimum absolute atomic E-state index is 0.0429. The molecule has 0 N–H and O–H groups in total. The molecule has 3 atom stereocenters. The van der Waals surface area contributed by atoms with Crippen LogP contribution < -0.4 is 0 Å². The van der Waals surface area contributed by atoms with Crippen LogP contribution >= 0.6 is 0 Å². The van der Waals surface area contributed by atoms with Crippen molar-refractivity contribution >= 4 is 16.1 Å². The van der Waals surface area contributed by atoms with Crippen molar-refractivity contribution in [3.8, 4) is 0 Å². The molecule has 9 heteroatoms. The molecule has 110 valence electrons. The van der Waals surface area contributed by atoms with Gasteiger partial charge in [0.2, 0.25) is 0 Å². The highest BCUT2D eigenvalue weighted by Crippen LogP contribution is 2.31. The van der Waals surface area contributed by atoms with Crippen LogP contribution in [0.5, 0.6) is 0 Å². The summed E-state index contributed by atoms with van der Waals surface area (Å²) < 4.78 is 32.1. The van der Waals surface area contributed by atoms with Crippen LogP contribution in [0.15, 0.2) is 29.4 Å². The fourth-order valence-corrected chi connectivity index (χ4v) is 2.64. The Balaban J connectivity index is 3.19. The smallest absolute Gasteiger partial charge is 0.333 e. The number of azide groups is 1. The zero-order valence-electron chi connectivity index (χ0n) is 11.1. The van der Waals surface area contributed by atoms with Crippen molar-refractivity contribution in [3.05, 3.63) is 34.7 Å². The molecule has 0 aromatic rings. The minimum atomic E-state index is -3.74. The SMILES string of the molecule is C=C[C@H]1C=C(C(=O)OC)C[C@H](N=[N+]=[N-])[C@H]1OS(C)(=O)=O. The molecule has 0 fully saturated rings. The second kappa shape index (κ2) is 6.56. The van der Waals surface area contributed by atoms with Crippen molar-refractivity contribution in [1.82, 2.24) is 0 Å². The van der Waals surface area contributed by atoms with Crippen molar-refractivity contribution in [2.45, 2.75) is 18.6 Å². The Kier molecular flexibility index (Phi) is 5.32. The molecule has 0 saturated heterocycles. The molecule has 0 aromatic carbocycles. The molecule has 0 aliphatic heterocycles. The molecule has 0 bridgehead atoms. The van der Waals surface area contributed by atoms with Crippen LogP contribution in [-0.4, -0.2) is 39.9 Å². The predicted octanol–water partition coefficient (Wildman–Crippen LogP) is 1.32. The summed E-state index contributed by atoms with van der Waals surface area (Å²) in [4.78, 5) is 14.2. The van der Waals surface area contributed by atoms with E-state index in [1.165, 1.54) is 19.3 Å². The average Bonchev–Trinajstić information content (AvgIpc) is 2.38. The van der Waals surface area contributed by atoms with Gasteiger partial charge in [-0.2, -0.15) is 8.42 Å². The van der Waals surface area contributed by atoms with Gasteiger partial charge in [0.05, 0.1) is 25.5 Å². The first-order chi connectivity index (χ1) is 9.32. The van der Waals surface area contributed by atoms with E-state index in [9.17, 15) is 13.2 Å². The van der Waals surface area contributed by atoms with Gasteiger partial charge in [-0.25, -0.2) is 4.79 Å². The Morgan fingerprint density at radius 1 is 1.65 bits per heavy atom. The number of ether oxygens (including phenoxy) is 1. The van der Waals surface area contributed by atoms with Crippen LogP contribution in [0.1, 0.15) is 6.42 Å². The van der Waals surface area contributed by atoms with E-state index in [2.05, 4.69) is 21.3 Å². The number of esters is 1. The molecule has 1 rings (SSSR count). The van der Waals surface area contributed by atoms with Crippen LogP contribution in [-0.2, 0) is 23.8 Å². The van der Waals surface area contributed by atoms with Gasteiger partial charge < -0.3 is 4.74 Å². The van der Waals surface area contributed by atoms with Crippen molar-refractivity contribution in [2.24, 2.45) is 11.0 Å². The molecule has 8 nitrogen and oxygen atoms in total. The lowest BCUT2D eigenvalue weighted by Crippen LogP contribution is -2.39. The topological polar surface area (TPSA) is 118 Å². The van der Waals surface area contributed by atoms with E-state index in [1.807, 2.05) is 0 Å². The summed E-state index contributed by atoms with van der Waals surface area (Å²) in [7, 11) is -2.51. The monoisotopic (exact) mass is 301 g/mol. The van der Waals surface area contributed by atoms with Crippen molar-refractivity contribution in [3.63, 3.8) is 0 Å². The number of hydrogen-bond acceptors (Lipinski definition) is 6. The quantitative estimate of drug-likeness (QED) is 0.189. The van der Waals surface area contributed by atoms with Crippen LogP contribution in [0.4, 0.5) is 0 Å². The molecule has 0 aromatic heterocycles. The zero-order valence-corrected chi connectivity index (χ0v) is 11.9. The van der Waals surface area contributed by atoms with E-state index < -0.39 is 34.2 Å². The molecule has 0 amide bonds. The van der Waals surface area contributed by atoms with Crippen molar-refractivity contribution in [2.75, 3.05) is 13.4 Å². The van der Waals surface area contributed by atoms with Gasteiger partial charge in [0, 0.05) is 16.4 Å². The van der Waals surface area contributed by atoms with E-state index in [4.69, 9.17) is 9.71 Å². The lowest BCUT2D eigenvalue weighted by atomic mass is 9.84. The fraction of sp³-hybridized carbons (Fsp3) is 0.545. The lowest BCUT2D eigenvalue weighted by molar-refractivity contribution is -0.136. The van der Waals surface area contributed by atoms with Gasteiger partial charge in [0.1, 0.15) is 0 Å². The summed E-state index contributed by atoms with van der Waals surface area (Å²) in [5.41, 5.74) is 8.86. The molecular weight excluding hydrogens is 286 g/mol. The van der Waals surface area contributed by atoms with Gasteiger partial charge in [-0.3, -0.25) is 4.18 Å². The standard InChI is InChI=1S/C11H15N3O5S/c1-4-7-5-8(11(15)18-2)6-9(13-14-12)10(7)19-20(3,16)17/h4-5,7,9-10H,1,6H2,2-3H3/t7-,9-,10-/m0/s1. The molecule has 0 spiro atoms. The van der Waals surface area contributed by atoms with Crippen LogP contribution in [0.2, 0.25) is 0 Å². The molecule has 1 aliphatic rings. The van der Waals surface area contributed by atoms with Crippen molar-refractivity contribution < 1.29 is 22.1 Å². The molecule has 0 saturated carbocycles. The van der Waals surface area contributed by atoms with Gasteiger partial charge in [-0.15, -0.1) is 6.58 Å². The van der Waals surface area contributed by atoms with E-state index >= 15 is 0 Å². The van der Waals surface area contributed by atoms with Gasteiger partial charge >= 0.3 is 5.97 Å². The molecule has 0 heterocycles. The van der Waals surface area contributed by atoms with Gasteiger partial charge in [-0.05, 0) is 12.0 Å². The number of carbonyl (C=O) groups is 1. The van der Waals surface area contributed by atoms with E-state index in [1.54, 1.807) is 0 Å². The summed E-state index contributed by atoms with van der Waals surface area (Å²) >= 11 is 0. The average molecular weight is 301 g/mol. The van der Waals surface area contributed by atoms with E-state index in [-0.39, 0.29) is 6.42 Å². The number of nitrogens with zero attached hydrogens (tertiary/aromatic N) is 3. The van der Waals surface area contributed by atoms with Gasteiger partial charge in [-0.1, -0.05) is 17.3 Å². The highest BCUT2D eigenvalue weighted by molar-refractivity contribution is 7.86. The summed E-state index contributed by atoms with van der Waals surface area (Å²) in [5.74, 6) is -1.14. The second-order valence-corrected chi connectivity index (χ2v) is 5.84. The maximum atomic E-state index is 11.6. The number of hydrogen-bond donors (Lipinski definition) is 0.